The highest BCUT2D eigenvalue weighted by atomic mass is 19.1. The van der Waals surface area contributed by atoms with Crippen molar-refractivity contribution in [2.45, 2.75) is 25.2 Å². The van der Waals surface area contributed by atoms with Gasteiger partial charge in [-0.2, -0.15) is 0 Å². The van der Waals surface area contributed by atoms with Crippen LogP contribution in [0, 0.1) is 5.82 Å². The molecule has 1 aromatic carbocycles. The summed E-state index contributed by atoms with van der Waals surface area (Å²) in [7, 11) is 0. The molecule has 0 bridgehead atoms. The molecule has 1 amide bonds. The number of halogens is 1. The summed E-state index contributed by atoms with van der Waals surface area (Å²) in [6, 6.07) is 6.53. The van der Waals surface area contributed by atoms with Crippen LogP contribution in [0.15, 0.2) is 24.3 Å². The van der Waals surface area contributed by atoms with Crippen LogP contribution in [0.2, 0.25) is 0 Å². The number of nitrogens with one attached hydrogen (secondary N) is 1. The van der Waals surface area contributed by atoms with Crippen molar-refractivity contribution in [3.63, 3.8) is 0 Å². The minimum atomic E-state index is -0.896. The van der Waals surface area contributed by atoms with Gasteiger partial charge in [-0.3, -0.25) is 4.79 Å². The predicted octanol–water partition coefficient (Wildman–Crippen LogP) is 1.54. The fourth-order valence-electron chi connectivity index (χ4n) is 2.10. The minimum Gasteiger partial charge on any atom is -0.459 e. The first-order valence-electron chi connectivity index (χ1n) is 6.29. The van der Waals surface area contributed by atoms with Gasteiger partial charge in [0.25, 0.3) is 0 Å². The molecule has 102 valence electrons. The number of ether oxygens (including phenoxy) is 1. The van der Waals surface area contributed by atoms with Crippen LogP contribution in [-0.2, 0) is 19.7 Å². The Labute approximate surface area is 110 Å². The van der Waals surface area contributed by atoms with Gasteiger partial charge in [0.05, 0.1) is 6.61 Å². The molecule has 5 heteroatoms. The molecule has 4 nitrogen and oxygen atoms in total. The van der Waals surface area contributed by atoms with Crippen LogP contribution in [0.4, 0.5) is 4.39 Å². The number of hydrogen-bond donors (Lipinski definition) is 1. The van der Waals surface area contributed by atoms with Gasteiger partial charge in [-0.05, 0) is 31.4 Å². The maximum absolute atomic E-state index is 13.7. The fourth-order valence-corrected chi connectivity index (χ4v) is 2.10. The molecule has 0 atom stereocenters. The number of hydrogen-bond acceptors (Lipinski definition) is 3. The average molecular weight is 265 g/mol. The quantitative estimate of drug-likeness (QED) is 0.663. The molecule has 19 heavy (non-hydrogen) atoms. The van der Waals surface area contributed by atoms with Gasteiger partial charge in [0.1, 0.15) is 5.82 Å². The number of amides is 1. The van der Waals surface area contributed by atoms with Crippen LogP contribution in [-0.4, -0.2) is 25.0 Å². The molecule has 1 saturated carbocycles. The second kappa shape index (κ2) is 5.38. The highest BCUT2D eigenvalue weighted by molar-refractivity contribution is 6.32. The lowest BCUT2D eigenvalue weighted by molar-refractivity contribution is -0.154. The molecule has 0 spiro atoms. The standard InChI is InChI=1S/C14H16FNO3/c1-2-19-13(18)12(17)16-9-14(7-8-14)10-5-3-4-6-11(10)15/h3-6H,2,7-9H2,1H3,(H,16,17). The highest BCUT2D eigenvalue weighted by Gasteiger charge is 2.46. The van der Waals surface area contributed by atoms with Crippen LogP contribution in [0.25, 0.3) is 0 Å². The van der Waals surface area contributed by atoms with Crippen molar-refractivity contribution < 1.29 is 18.7 Å². The summed E-state index contributed by atoms with van der Waals surface area (Å²) < 4.78 is 18.3. The van der Waals surface area contributed by atoms with E-state index in [1.165, 1.54) is 6.07 Å². The Bertz CT molecular complexity index is 497. The number of rotatable bonds is 4. The van der Waals surface area contributed by atoms with Gasteiger partial charge < -0.3 is 10.1 Å². The minimum absolute atomic E-state index is 0.157. The van der Waals surface area contributed by atoms with Crippen molar-refractivity contribution in [3.8, 4) is 0 Å². The van der Waals surface area contributed by atoms with Crippen molar-refractivity contribution in [1.29, 1.82) is 0 Å². The second-order valence-electron chi connectivity index (χ2n) is 4.66. The van der Waals surface area contributed by atoms with E-state index in [1.807, 2.05) is 0 Å². The summed E-state index contributed by atoms with van der Waals surface area (Å²) in [6.45, 7) is 2.04. The number of benzene rings is 1. The molecule has 1 N–H and O–H groups in total. The molecule has 1 aliphatic rings. The summed E-state index contributed by atoms with van der Waals surface area (Å²) in [4.78, 5) is 22.6. The van der Waals surface area contributed by atoms with Gasteiger partial charge >= 0.3 is 11.9 Å². The lowest BCUT2D eigenvalue weighted by Gasteiger charge is -2.16. The first-order chi connectivity index (χ1) is 9.09. The molecule has 0 heterocycles. The molecule has 1 fully saturated rings. The molecule has 0 saturated heterocycles. The maximum atomic E-state index is 13.7. The number of esters is 1. The Morgan fingerprint density at radius 1 is 1.37 bits per heavy atom. The smallest absolute Gasteiger partial charge is 0.396 e. The Hall–Kier alpha value is -1.91. The van der Waals surface area contributed by atoms with E-state index in [0.29, 0.717) is 5.56 Å². The third kappa shape index (κ3) is 2.92. The molecule has 0 aliphatic heterocycles. The van der Waals surface area contributed by atoms with E-state index in [0.717, 1.165) is 12.8 Å². The first kappa shape index (κ1) is 13.5. The normalized spacial score (nSPS) is 15.7. The van der Waals surface area contributed by atoms with Gasteiger partial charge in [-0.15, -0.1) is 0 Å². The van der Waals surface area contributed by atoms with E-state index < -0.39 is 11.9 Å². The SMILES string of the molecule is CCOC(=O)C(=O)NCC1(c2ccccc2F)CC1. The molecule has 0 aromatic heterocycles. The fraction of sp³-hybridized carbons (Fsp3) is 0.429. The lowest BCUT2D eigenvalue weighted by atomic mass is 9.95. The third-order valence-corrected chi connectivity index (χ3v) is 3.35. The Kier molecular flexibility index (Phi) is 3.83. The van der Waals surface area contributed by atoms with Crippen molar-refractivity contribution in [3.05, 3.63) is 35.6 Å². The van der Waals surface area contributed by atoms with Crippen LogP contribution >= 0.6 is 0 Å². The van der Waals surface area contributed by atoms with Crippen LogP contribution in [0.5, 0.6) is 0 Å². The van der Waals surface area contributed by atoms with Crippen LogP contribution in [0.3, 0.4) is 0 Å². The van der Waals surface area contributed by atoms with Gasteiger partial charge in [0.15, 0.2) is 0 Å². The number of carbonyl (C=O) groups is 2. The predicted molar refractivity (Wildman–Crippen MR) is 67.0 cm³/mol. The topological polar surface area (TPSA) is 55.4 Å². The van der Waals surface area contributed by atoms with Gasteiger partial charge in [0, 0.05) is 12.0 Å². The first-order valence-corrected chi connectivity index (χ1v) is 6.29. The van der Waals surface area contributed by atoms with E-state index in [4.69, 9.17) is 0 Å². The second-order valence-corrected chi connectivity index (χ2v) is 4.66. The summed E-state index contributed by atoms with van der Waals surface area (Å²) >= 11 is 0. The van der Waals surface area contributed by atoms with Gasteiger partial charge in [0.2, 0.25) is 0 Å². The Balaban J connectivity index is 1.98. The van der Waals surface area contributed by atoms with Crippen molar-refractivity contribution in [2.24, 2.45) is 0 Å². The van der Waals surface area contributed by atoms with Crippen molar-refractivity contribution in [1.82, 2.24) is 5.32 Å². The van der Waals surface area contributed by atoms with Crippen molar-refractivity contribution >= 4 is 11.9 Å². The lowest BCUT2D eigenvalue weighted by Crippen LogP contribution is -2.38. The third-order valence-electron chi connectivity index (χ3n) is 3.35. The van der Waals surface area contributed by atoms with E-state index in [2.05, 4.69) is 10.1 Å². The molecule has 1 aliphatic carbocycles. The average Bonchev–Trinajstić information content (AvgIpc) is 3.18. The summed E-state index contributed by atoms with van der Waals surface area (Å²) in [6.07, 6.45) is 1.61. The Morgan fingerprint density at radius 3 is 2.63 bits per heavy atom. The summed E-state index contributed by atoms with van der Waals surface area (Å²) in [5, 5.41) is 2.52. The van der Waals surface area contributed by atoms with Gasteiger partial charge in [-0.25, -0.2) is 9.18 Å². The van der Waals surface area contributed by atoms with E-state index in [9.17, 15) is 14.0 Å². The number of carbonyl (C=O) groups excluding carboxylic acids is 2. The summed E-state index contributed by atoms with van der Waals surface area (Å²) in [5.41, 5.74) is 0.229. The van der Waals surface area contributed by atoms with Crippen molar-refractivity contribution in [2.75, 3.05) is 13.2 Å². The monoisotopic (exact) mass is 265 g/mol. The molecule has 0 unspecified atom stereocenters. The van der Waals surface area contributed by atoms with Crippen LogP contribution in [0.1, 0.15) is 25.3 Å². The molecular formula is C14H16FNO3. The maximum Gasteiger partial charge on any atom is 0.396 e. The van der Waals surface area contributed by atoms with Crippen LogP contribution < -0.4 is 5.32 Å². The van der Waals surface area contributed by atoms with E-state index >= 15 is 0 Å². The van der Waals surface area contributed by atoms with Gasteiger partial charge in [-0.1, -0.05) is 18.2 Å². The zero-order valence-electron chi connectivity index (χ0n) is 10.7. The molecule has 0 radical (unpaired) electrons. The highest BCUT2D eigenvalue weighted by Crippen LogP contribution is 2.48. The van der Waals surface area contributed by atoms with E-state index in [-0.39, 0.29) is 24.4 Å². The Morgan fingerprint density at radius 2 is 2.05 bits per heavy atom. The van der Waals surface area contributed by atoms with E-state index in [1.54, 1.807) is 25.1 Å². The summed E-state index contributed by atoms with van der Waals surface area (Å²) in [5.74, 6) is -1.94. The molecule has 1 aromatic rings. The molecule has 2 rings (SSSR count). The molecular weight excluding hydrogens is 249 g/mol. The zero-order chi connectivity index (χ0) is 13.9. The largest absolute Gasteiger partial charge is 0.459 e. The zero-order valence-corrected chi connectivity index (χ0v) is 10.7.